The molecule has 0 saturated carbocycles. The zero-order chi connectivity index (χ0) is 22.5. The van der Waals surface area contributed by atoms with Crippen molar-refractivity contribution in [2.24, 2.45) is 0 Å². The smallest absolute Gasteiger partial charge is 0.197 e. The summed E-state index contributed by atoms with van der Waals surface area (Å²) in [5.41, 5.74) is 5.77. The molecular weight excluding hydrogens is 392 g/mol. The highest BCUT2D eigenvalue weighted by Crippen LogP contribution is 2.28. The minimum Gasteiger partial charge on any atom is -0.288 e. The number of aryl methyl sites for hydroxylation is 2. The number of benzene rings is 4. The highest BCUT2D eigenvalue weighted by Gasteiger charge is 2.24. The maximum Gasteiger partial charge on any atom is 0.197 e. The Morgan fingerprint density at radius 1 is 0.562 bits per heavy atom. The minimum atomic E-state index is -0.265. The number of carbonyl (C=O) groups is 2. The lowest BCUT2D eigenvalue weighted by Crippen LogP contribution is -2.15. The molecule has 0 aliphatic carbocycles. The Kier molecular flexibility index (Phi) is 6.23. The Bertz CT molecular complexity index is 1250. The van der Waals surface area contributed by atoms with E-state index in [9.17, 15) is 9.59 Å². The second-order valence-electron chi connectivity index (χ2n) is 7.80. The van der Waals surface area contributed by atoms with Gasteiger partial charge in [0.25, 0.3) is 0 Å². The molecule has 0 amide bonds. The lowest BCUT2D eigenvalue weighted by atomic mass is 9.89. The van der Waals surface area contributed by atoms with Crippen molar-refractivity contribution in [1.29, 1.82) is 0 Å². The average Bonchev–Trinajstić information content (AvgIpc) is 2.83. The van der Waals surface area contributed by atoms with E-state index in [1.54, 1.807) is 18.2 Å². The van der Waals surface area contributed by atoms with Crippen LogP contribution in [0.2, 0.25) is 0 Å². The third-order valence-corrected chi connectivity index (χ3v) is 5.61. The average molecular weight is 417 g/mol. The van der Waals surface area contributed by atoms with E-state index >= 15 is 0 Å². The summed E-state index contributed by atoms with van der Waals surface area (Å²) in [5.74, 6) is -0.529. The number of hydrogen-bond acceptors (Lipinski definition) is 2. The van der Waals surface area contributed by atoms with E-state index in [1.165, 1.54) is 0 Å². The fraction of sp³-hybridized carbons (Fsp3) is 0.0667. The van der Waals surface area contributed by atoms with Gasteiger partial charge in [-0.15, -0.1) is 0 Å². The molecule has 0 heterocycles. The van der Waals surface area contributed by atoms with Crippen LogP contribution in [0, 0.1) is 13.8 Å². The van der Waals surface area contributed by atoms with Crippen molar-refractivity contribution in [3.63, 3.8) is 0 Å². The molecule has 0 atom stereocenters. The van der Waals surface area contributed by atoms with Crippen molar-refractivity contribution in [1.82, 2.24) is 0 Å². The molecule has 4 aromatic rings. The number of rotatable bonds is 6. The van der Waals surface area contributed by atoms with Crippen LogP contribution in [-0.4, -0.2) is 11.6 Å². The lowest BCUT2D eigenvalue weighted by Gasteiger charge is -2.12. The Morgan fingerprint density at radius 3 is 1.59 bits per heavy atom. The topological polar surface area (TPSA) is 34.1 Å². The van der Waals surface area contributed by atoms with Crippen molar-refractivity contribution in [2.75, 3.05) is 0 Å². The van der Waals surface area contributed by atoms with Gasteiger partial charge in [0.2, 0.25) is 0 Å². The largest absolute Gasteiger partial charge is 0.288 e. The third-order valence-electron chi connectivity index (χ3n) is 5.61. The van der Waals surface area contributed by atoms with Crippen molar-refractivity contribution in [2.45, 2.75) is 13.8 Å². The summed E-state index contributed by atoms with van der Waals surface area (Å²) >= 11 is 0. The first-order chi connectivity index (χ1) is 15.6. The zero-order valence-corrected chi connectivity index (χ0v) is 18.2. The van der Waals surface area contributed by atoms with Gasteiger partial charge >= 0.3 is 0 Å². The first-order valence-electron chi connectivity index (χ1n) is 10.6. The summed E-state index contributed by atoms with van der Waals surface area (Å²) in [5, 5.41) is 0. The summed E-state index contributed by atoms with van der Waals surface area (Å²) in [6, 6.07) is 32.6. The van der Waals surface area contributed by atoms with Crippen molar-refractivity contribution in [3.05, 3.63) is 137 Å². The molecule has 2 heteroatoms. The summed E-state index contributed by atoms with van der Waals surface area (Å²) in [6.45, 7) is 3.78. The maximum atomic E-state index is 13.7. The van der Waals surface area contributed by atoms with Gasteiger partial charge in [-0.3, -0.25) is 9.59 Å². The lowest BCUT2D eigenvalue weighted by molar-refractivity contribution is 0.0964. The van der Waals surface area contributed by atoms with E-state index in [0.717, 1.165) is 27.8 Å². The van der Waals surface area contributed by atoms with E-state index in [-0.39, 0.29) is 17.1 Å². The van der Waals surface area contributed by atoms with Crippen molar-refractivity contribution in [3.8, 4) is 11.1 Å². The van der Waals surface area contributed by atoms with Gasteiger partial charge in [0.1, 0.15) is 0 Å². The number of hydrogen-bond donors (Lipinski definition) is 0. The first kappa shape index (κ1) is 21.2. The van der Waals surface area contributed by atoms with Crippen LogP contribution < -0.4 is 0 Å². The predicted octanol–water partition coefficient (Wildman–Crippen LogP) is 7.12. The third kappa shape index (κ3) is 4.35. The SMILES string of the molecule is Cc1ccccc1C(=O)C(=Cc1ccccc1-c1ccccc1)C(=O)c1ccccc1C. The number of Topliss-reactive ketones (excluding diaryl/α,β-unsaturated/α-hetero) is 2. The van der Waals surface area contributed by atoms with Crippen LogP contribution in [0.1, 0.15) is 37.4 Å². The van der Waals surface area contributed by atoms with Gasteiger partial charge in [-0.05, 0) is 47.7 Å². The van der Waals surface area contributed by atoms with E-state index in [4.69, 9.17) is 0 Å². The first-order valence-corrected chi connectivity index (χ1v) is 10.6. The molecule has 0 saturated heterocycles. The molecule has 0 bridgehead atoms. The molecule has 0 fully saturated rings. The molecule has 4 rings (SSSR count). The summed E-state index contributed by atoms with van der Waals surface area (Å²) in [6.07, 6.45) is 1.74. The normalized spacial score (nSPS) is 10.4. The van der Waals surface area contributed by atoms with Gasteiger partial charge in [-0.1, -0.05) is 103 Å². The standard InChI is InChI=1S/C30H24O2/c1-21-12-6-9-17-25(21)29(31)28(30(32)26-18-10-7-13-22(26)2)20-24-16-8-11-19-27(24)23-14-4-3-5-15-23/h3-20H,1-2H3. The van der Waals surface area contributed by atoms with Crippen LogP contribution in [0.25, 0.3) is 17.2 Å². The van der Waals surface area contributed by atoms with Gasteiger partial charge in [0, 0.05) is 11.1 Å². The van der Waals surface area contributed by atoms with Crippen LogP contribution in [0.15, 0.2) is 109 Å². The molecule has 2 nitrogen and oxygen atoms in total. The molecule has 0 N–H and O–H groups in total. The van der Waals surface area contributed by atoms with Crippen molar-refractivity contribution >= 4 is 17.6 Å². The van der Waals surface area contributed by atoms with Gasteiger partial charge in [-0.25, -0.2) is 0 Å². The molecule has 0 unspecified atom stereocenters. The van der Waals surface area contributed by atoms with E-state index in [0.29, 0.717) is 11.1 Å². The molecule has 0 radical (unpaired) electrons. The number of allylic oxidation sites excluding steroid dienone is 1. The second-order valence-corrected chi connectivity index (χ2v) is 7.80. The summed E-state index contributed by atoms with van der Waals surface area (Å²) in [4.78, 5) is 27.3. The predicted molar refractivity (Wildman–Crippen MR) is 131 cm³/mol. The molecular formula is C30H24O2. The van der Waals surface area contributed by atoms with Crippen LogP contribution in [0.3, 0.4) is 0 Å². The Hall–Kier alpha value is -4.04. The Balaban J connectivity index is 1.91. The number of carbonyl (C=O) groups excluding carboxylic acids is 2. The molecule has 0 aromatic heterocycles. The van der Waals surface area contributed by atoms with Gasteiger partial charge in [0.15, 0.2) is 11.6 Å². The van der Waals surface area contributed by atoms with Crippen LogP contribution in [-0.2, 0) is 0 Å². The van der Waals surface area contributed by atoms with E-state index in [1.807, 2.05) is 105 Å². The molecule has 0 aliphatic rings. The quantitative estimate of drug-likeness (QED) is 0.145. The Morgan fingerprint density at radius 2 is 1.03 bits per heavy atom. The minimum absolute atomic E-state index is 0.164. The van der Waals surface area contributed by atoms with Crippen molar-refractivity contribution < 1.29 is 9.59 Å². The van der Waals surface area contributed by atoms with Crippen LogP contribution in [0.4, 0.5) is 0 Å². The molecule has 0 aliphatic heterocycles. The molecule has 156 valence electrons. The molecule has 32 heavy (non-hydrogen) atoms. The molecule has 0 spiro atoms. The van der Waals surface area contributed by atoms with E-state index in [2.05, 4.69) is 0 Å². The summed E-state index contributed by atoms with van der Waals surface area (Å²) in [7, 11) is 0. The highest BCUT2D eigenvalue weighted by atomic mass is 16.1. The second kappa shape index (κ2) is 9.40. The van der Waals surface area contributed by atoms with Crippen LogP contribution >= 0.6 is 0 Å². The highest BCUT2D eigenvalue weighted by molar-refractivity contribution is 6.33. The number of ketones is 2. The van der Waals surface area contributed by atoms with Gasteiger partial charge in [-0.2, -0.15) is 0 Å². The van der Waals surface area contributed by atoms with Gasteiger partial charge in [0.05, 0.1) is 5.57 Å². The van der Waals surface area contributed by atoms with Gasteiger partial charge < -0.3 is 0 Å². The molecule has 4 aromatic carbocycles. The monoisotopic (exact) mass is 416 g/mol. The fourth-order valence-corrected chi connectivity index (χ4v) is 3.84. The fourth-order valence-electron chi connectivity index (χ4n) is 3.84. The maximum absolute atomic E-state index is 13.7. The Labute approximate surface area is 188 Å². The van der Waals surface area contributed by atoms with E-state index < -0.39 is 0 Å². The summed E-state index contributed by atoms with van der Waals surface area (Å²) < 4.78 is 0. The van der Waals surface area contributed by atoms with Crippen LogP contribution in [0.5, 0.6) is 0 Å². The zero-order valence-electron chi connectivity index (χ0n) is 18.2.